The number of pyridine rings is 1. The number of aliphatic hydroxyl groups excluding tert-OH is 1. The van der Waals surface area contributed by atoms with E-state index in [4.69, 9.17) is 34.3 Å². The van der Waals surface area contributed by atoms with Gasteiger partial charge in [-0.1, -0.05) is 24.5 Å². The van der Waals surface area contributed by atoms with Gasteiger partial charge in [0.1, 0.15) is 29.3 Å². The van der Waals surface area contributed by atoms with E-state index in [-0.39, 0.29) is 17.1 Å². The Bertz CT molecular complexity index is 1950. The van der Waals surface area contributed by atoms with Gasteiger partial charge in [0.15, 0.2) is 23.6 Å². The predicted octanol–water partition coefficient (Wildman–Crippen LogP) is 2.44. The van der Waals surface area contributed by atoms with Gasteiger partial charge in [-0.15, -0.1) is 11.8 Å². The molecule has 7 rings (SSSR count). The molecule has 17 nitrogen and oxygen atoms in total. The van der Waals surface area contributed by atoms with Crippen LogP contribution in [0.4, 0.5) is 16.0 Å². The molecule has 0 amide bonds. The molecule has 4 aromatic heterocycles. The maximum Gasteiger partial charge on any atom is 0.386 e. The molecule has 4 aromatic rings. The molecule has 3 aliphatic heterocycles. The Balaban J connectivity index is 1.21. The summed E-state index contributed by atoms with van der Waals surface area (Å²) in [6, 6.07) is 3.23. The molecule has 3 saturated heterocycles. The molecule has 6 N–H and O–H groups in total. The fraction of sp³-hybridized carbons (Fsp3) is 0.455. The van der Waals surface area contributed by atoms with Gasteiger partial charge in [-0.25, -0.2) is 23.5 Å². The number of nitrogens with one attached hydrogen (secondary N) is 1. The number of imidazole rings is 1. The number of aliphatic hydroxyl groups is 1. The van der Waals surface area contributed by atoms with E-state index in [1.54, 1.807) is 12.1 Å². The topological polar surface area (TPSA) is 234 Å². The first-order valence-electron chi connectivity index (χ1n) is 13.2. The normalized spacial score (nSPS) is 37.7. The van der Waals surface area contributed by atoms with Crippen LogP contribution >= 0.6 is 49.9 Å². The summed E-state index contributed by atoms with van der Waals surface area (Å²) in [5.41, 5.74) is 11.9. The minimum Gasteiger partial charge on any atom is -0.398 e. The molecular formula is C22H25FN8O9P2S3. The largest absolute Gasteiger partial charge is 0.398 e. The molecule has 0 aliphatic carbocycles. The van der Waals surface area contributed by atoms with Gasteiger partial charge in [0.2, 0.25) is 5.95 Å². The van der Waals surface area contributed by atoms with Gasteiger partial charge in [0, 0.05) is 23.5 Å². The molecule has 3 aliphatic rings. The number of hydrogen-bond acceptors (Lipinski definition) is 15. The number of nitrogens with zero attached hydrogens (tertiary/aromatic N) is 5. The maximum atomic E-state index is 16.1. The van der Waals surface area contributed by atoms with Crippen molar-refractivity contribution in [3.05, 3.63) is 41.2 Å². The van der Waals surface area contributed by atoms with Crippen molar-refractivity contribution in [1.29, 1.82) is 0 Å². The van der Waals surface area contributed by atoms with Crippen molar-refractivity contribution < 1.29 is 41.5 Å². The number of thiol groups is 2. The third-order valence-electron chi connectivity index (χ3n) is 7.54. The van der Waals surface area contributed by atoms with Crippen LogP contribution < -0.4 is 17.0 Å². The molecule has 2 bridgehead atoms. The Morgan fingerprint density at radius 2 is 1.80 bits per heavy atom. The first-order valence-corrected chi connectivity index (χ1v) is 19.5. The zero-order chi connectivity index (χ0) is 31.8. The van der Waals surface area contributed by atoms with E-state index in [2.05, 4.69) is 44.4 Å². The highest BCUT2D eigenvalue weighted by Crippen LogP contribution is 2.62. The molecule has 23 heteroatoms. The van der Waals surface area contributed by atoms with E-state index in [0.717, 1.165) is 11.8 Å². The van der Waals surface area contributed by atoms with Crippen LogP contribution in [0.15, 0.2) is 35.6 Å². The number of anilines is 2. The van der Waals surface area contributed by atoms with E-state index in [0.29, 0.717) is 16.7 Å². The first kappa shape index (κ1) is 31.4. The quantitative estimate of drug-likeness (QED) is 0.129. The summed E-state index contributed by atoms with van der Waals surface area (Å²) < 4.78 is 74.2. The Hall–Kier alpha value is -2.16. The van der Waals surface area contributed by atoms with E-state index in [1.807, 2.05) is 0 Å². The van der Waals surface area contributed by atoms with E-state index < -0.39 is 79.8 Å². The molecule has 10 atom stereocenters. The molecule has 7 heterocycles. The fourth-order valence-corrected chi connectivity index (χ4v) is 10.1. The number of ether oxygens (including phenoxy) is 1. The summed E-state index contributed by atoms with van der Waals surface area (Å²) in [6.07, 6.45) is -4.62. The number of nitrogen functional groups attached to an aromatic ring is 2. The van der Waals surface area contributed by atoms with Crippen LogP contribution in [-0.2, 0) is 32.0 Å². The van der Waals surface area contributed by atoms with Crippen LogP contribution in [0.3, 0.4) is 0 Å². The Labute approximate surface area is 266 Å². The summed E-state index contributed by atoms with van der Waals surface area (Å²) in [7, 11) is 0. The van der Waals surface area contributed by atoms with Gasteiger partial charge < -0.3 is 25.9 Å². The fourth-order valence-electron chi connectivity index (χ4n) is 5.49. The Kier molecular flexibility index (Phi) is 8.05. The van der Waals surface area contributed by atoms with Crippen molar-refractivity contribution in [2.24, 2.45) is 0 Å². The molecule has 0 saturated carbocycles. The first-order chi connectivity index (χ1) is 21.3. The van der Waals surface area contributed by atoms with Gasteiger partial charge in [0.25, 0.3) is 5.56 Å². The van der Waals surface area contributed by atoms with Crippen LogP contribution in [0.25, 0.3) is 22.2 Å². The molecular weight excluding hydrogens is 697 g/mol. The average Bonchev–Trinajstić information content (AvgIpc) is 3.72. The molecule has 0 aromatic carbocycles. The lowest BCUT2D eigenvalue weighted by Gasteiger charge is -2.26. The number of halogens is 1. The molecule has 3 fully saturated rings. The van der Waals surface area contributed by atoms with Crippen LogP contribution in [0.1, 0.15) is 11.6 Å². The van der Waals surface area contributed by atoms with Gasteiger partial charge in [0.05, 0.1) is 30.9 Å². The van der Waals surface area contributed by atoms with Gasteiger partial charge in [-0.3, -0.25) is 32.4 Å². The third-order valence-corrected chi connectivity index (χ3v) is 12.3. The SMILES string of the molecule is Nc1nc2c(ncn2[C@@H]2S[C@@H]3COP(=O)(S)O[C@H]4[C@H](F)[C@H](n5ccc6c(N)ccnc65)O[C@@H]4COP(=O)(S)O[C@@H]2[C@@H]3O)c(=O)[nH]1. The number of rotatable bonds is 2. The number of aromatic amines is 1. The van der Waals surface area contributed by atoms with Crippen molar-refractivity contribution in [3.63, 3.8) is 0 Å². The lowest BCUT2D eigenvalue weighted by Crippen LogP contribution is -2.35. The number of alkyl halides is 1. The maximum absolute atomic E-state index is 16.1. The van der Waals surface area contributed by atoms with Crippen LogP contribution in [0, 0.1) is 0 Å². The average molecular weight is 723 g/mol. The van der Waals surface area contributed by atoms with E-state index >= 15 is 4.39 Å². The van der Waals surface area contributed by atoms with Crippen LogP contribution in [0.2, 0.25) is 0 Å². The minimum absolute atomic E-state index is 0.0428. The second-order valence-corrected chi connectivity index (χ2v) is 17.5. The molecule has 45 heavy (non-hydrogen) atoms. The molecule has 0 spiro atoms. The predicted molar refractivity (Wildman–Crippen MR) is 167 cm³/mol. The second-order valence-electron chi connectivity index (χ2n) is 10.4. The standard InChI is InChI=1S/C22H25FN8O9P2S3/c23-12-15-10(38-20(12)30-4-2-8-9(24)1-3-26-17(8)30)5-36-41(34,43)40-16-14(32)11(6-37-42(35,44)39-15)45-21(16)31-7-27-13-18(31)28-22(25)29-19(13)33/h1-4,7,10-12,14-16,20-21,32H,5-6H2,(H2,24,26)(H,34,43)(H,35,44)(H3,25,28,29,33)/t10-,11-,12+,14-,15-,16-,20-,21-,41?,42?/m1/s1. The molecule has 0 radical (unpaired) electrons. The lowest BCUT2D eigenvalue weighted by molar-refractivity contribution is -0.0425. The smallest absolute Gasteiger partial charge is 0.386 e. The van der Waals surface area contributed by atoms with Crippen molar-refractivity contribution in [2.45, 2.75) is 47.4 Å². The number of H-pyrrole nitrogens is 1. The Morgan fingerprint density at radius 3 is 2.58 bits per heavy atom. The Morgan fingerprint density at radius 1 is 1.07 bits per heavy atom. The summed E-state index contributed by atoms with van der Waals surface area (Å²) in [4.78, 5) is 27.2. The van der Waals surface area contributed by atoms with Crippen molar-refractivity contribution >= 4 is 83.7 Å². The summed E-state index contributed by atoms with van der Waals surface area (Å²) in [5, 5.41) is 9.97. The second kappa shape index (κ2) is 11.5. The summed E-state index contributed by atoms with van der Waals surface area (Å²) in [6.45, 7) is -9.67. The highest BCUT2D eigenvalue weighted by atomic mass is 32.7. The van der Waals surface area contributed by atoms with Crippen molar-refractivity contribution in [1.82, 2.24) is 29.1 Å². The molecule has 2 unspecified atom stereocenters. The van der Waals surface area contributed by atoms with Gasteiger partial charge >= 0.3 is 13.6 Å². The van der Waals surface area contributed by atoms with E-state index in [1.165, 1.54) is 27.9 Å². The van der Waals surface area contributed by atoms with Gasteiger partial charge in [-0.2, -0.15) is 4.98 Å². The summed E-state index contributed by atoms with van der Waals surface area (Å²) in [5.74, 6) is -0.184. The molecule has 242 valence electrons. The van der Waals surface area contributed by atoms with Crippen LogP contribution in [-0.4, -0.2) is 83.2 Å². The number of thioether (sulfide) groups is 1. The highest BCUT2D eigenvalue weighted by Gasteiger charge is 2.53. The lowest BCUT2D eigenvalue weighted by atomic mass is 10.1. The van der Waals surface area contributed by atoms with Crippen LogP contribution in [0.5, 0.6) is 0 Å². The monoisotopic (exact) mass is 722 g/mol. The van der Waals surface area contributed by atoms with Crippen molar-refractivity contribution in [2.75, 3.05) is 24.7 Å². The number of fused-ring (bicyclic) bond motifs is 5. The minimum atomic E-state index is -4.33. The zero-order valence-corrected chi connectivity index (χ0v) is 27.0. The van der Waals surface area contributed by atoms with Gasteiger partial charge in [-0.05, 0) is 12.1 Å². The number of hydrogen-bond donors (Lipinski definition) is 6. The third kappa shape index (κ3) is 5.71. The number of nitrogens with two attached hydrogens (primary N) is 2. The zero-order valence-electron chi connectivity index (χ0n) is 22.6. The van der Waals surface area contributed by atoms with E-state index in [9.17, 15) is 19.0 Å². The highest BCUT2D eigenvalue weighted by molar-refractivity contribution is 8.44. The van der Waals surface area contributed by atoms with Crippen molar-refractivity contribution in [3.8, 4) is 0 Å². The number of aromatic nitrogens is 6. The summed E-state index contributed by atoms with van der Waals surface area (Å²) >= 11 is 9.21.